The summed E-state index contributed by atoms with van der Waals surface area (Å²) in [6.07, 6.45) is 19.7. The molecule has 1 nitrogen and oxygen atoms in total. The van der Waals surface area contributed by atoms with Gasteiger partial charge >= 0.3 is 0 Å². The Bertz CT molecular complexity index is 1950. The summed E-state index contributed by atoms with van der Waals surface area (Å²) in [4.78, 5) is 2.65. The molecule has 4 atom stereocenters. The van der Waals surface area contributed by atoms with Crippen LogP contribution in [0.5, 0.6) is 0 Å². The zero-order valence-corrected chi connectivity index (χ0v) is 25.4. The second kappa shape index (κ2) is 11.0. The van der Waals surface area contributed by atoms with E-state index in [2.05, 4.69) is 170 Å². The highest BCUT2D eigenvalue weighted by Gasteiger charge is 2.36. The topological polar surface area (TPSA) is 3.24 Å². The highest BCUT2D eigenvalue weighted by Crippen LogP contribution is 2.47. The van der Waals surface area contributed by atoms with Crippen LogP contribution in [-0.2, 0) is 0 Å². The lowest BCUT2D eigenvalue weighted by Crippen LogP contribution is -2.46. The summed E-state index contributed by atoms with van der Waals surface area (Å²) in [7, 11) is 0. The SMILES string of the molecule is Cc1ccc(C(c2ccccc2)c2ccc3c4c5c(ccc24)C=CC(N(c2ccc(C)cc2)C2C=CC=CC2)C5C=C3)cc1. The van der Waals surface area contributed by atoms with E-state index in [-0.39, 0.29) is 17.9 Å². The number of rotatable bonds is 6. The van der Waals surface area contributed by atoms with E-state index < -0.39 is 0 Å². The molecule has 3 aliphatic rings. The largest absolute Gasteiger partial charge is 0.357 e. The van der Waals surface area contributed by atoms with Crippen molar-refractivity contribution in [3.05, 3.63) is 184 Å². The van der Waals surface area contributed by atoms with E-state index in [4.69, 9.17) is 0 Å². The highest BCUT2D eigenvalue weighted by molar-refractivity contribution is 6.01. The molecule has 44 heavy (non-hydrogen) atoms. The number of nitrogens with zero attached hydrogens (tertiary/aromatic N) is 1. The van der Waals surface area contributed by atoms with E-state index in [0.29, 0.717) is 6.04 Å². The van der Waals surface area contributed by atoms with Crippen molar-refractivity contribution in [2.75, 3.05) is 4.90 Å². The molecule has 0 aliphatic heterocycles. The van der Waals surface area contributed by atoms with Crippen LogP contribution < -0.4 is 4.90 Å². The first-order valence-corrected chi connectivity index (χ1v) is 15.9. The molecule has 0 bridgehead atoms. The van der Waals surface area contributed by atoms with Gasteiger partial charge in [-0.05, 0) is 76.6 Å². The fourth-order valence-corrected chi connectivity index (χ4v) is 7.64. The van der Waals surface area contributed by atoms with Crippen molar-refractivity contribution in [3.8, 4) is 0 Å². The van der Waals surface area contributed by atoms with Crippen molar-refractivity contribution in [1.29, 1.82) is 0 Å². The van der Waals surface area contributed by atoms with E-state index >= 15 is 0 Å². The van der Waals surface area contributed by atoms with E-state index in [1.165, 1.54) is 61.0 Å². The minimum Gasteiger partial charge on any atom is -0.357 e. The molecule has 4 unspecified atom stereocenters. The van der Waals surface area contributed by atoms with Crippen LogP contribution in [-0.4, -0.2) is 12.1 Å². The molecule has 0 fully saturated rings. The summed E-state index contributed by atoms with van der Waals surface area (Å²) in [5, 5.41) is 2.78. The number of allylic oxidation sites excluding steroid dienone is 2. The smallest absolute Gasteiger partial charge is 0.0586 e. The van der Waals surface area contributed by atoms with Gasteiger partial charge in [0.25, 0.3) is 0 Å². The van der Waals surface area contributed by atoms with Crippen LogP contribution in [0.3, 0.4) is 0 Å². The van der Waals surface area contributed by atoms with E-state index in [0.717, 1.165) is 6.42 Å². The summed E-state index contributed by atoms with van der Waals surface area (Å²) < 4.78 is 0. The normalized spacial score (nSPS) is 20.2. The average molecular weight is 568 g/mol. The maximum atomic E-state index is 2.65. The molecule has 3 aliphatic carbocycles. The Morgan fingerprint density at radius 3 is 2.09 bits per heavy atom. The molecule has 0 spiro atoms. The molecule has 1 heteroatoms. The molecule has 0 saturated heterocycles. The van der Waals surface area contributed by atoms with Crippen molar-refractivity contribution in [2.24, 2.45) is 0 Å². The Balaban J connectivity index is 1.30. The van der Waals surface area contributed by atoms with Gasteiger partial charge < -0.3 is 4.90 Å². The standard InChI is InChI=1S/C43H37N/c1-29-13-17-32(18-14-29)41(31-9-5-3-6-10-31)37-25-19-33-21-27-39-40(28-22-34-20-26-38(37)42(33)43(34)39)44(35-11-7-4-8-12-35)36-23-15-30(2)16-24-36/h3-11,13-28,35,39-41H,12H2,1-2H3. The lowest BCUT2D eigenvalue weighted by Gasteiger charge is -2.44. The van der Waals surface area contributed by atoms with E-state index in [9.17, 15) is 0 Å². The second-order valence-corrected chi connectivity index (χ2v) is 12.6. The molecule has 5 aromatic rings. The van der Waals surface area contributed by atoms with E-state index in [1.54, 1.807) is 0 Å². The summed E-state index contributed by atoms with van der Waals surface area (Å²) >= 11 is 0. The number of benzene rings is 5. The number of anilines is 1. The number of hydrogen-bond acceptors (Lipinski definition) is 1. The van der Waals surface area contributed by atoms with Gasteiger partial charge in [-0.2, -0.15) is 0 Å². The quantitative estimate of drug-likeness (QED) is 0.185. The molecule has 0 N–H and O–H groups in total. The molecule has 0 radical (unpaired) electrons. The van der Waals surface area contributed by atoms with Gasteiger partial charge in [0.1, 0.15) is 0 Å². The van der Waals surface area contributed by atoms with Crippen LogP contribution in [0.4, 0.5) is 5.69 Å². The Morgan fingerprint density at radius 1 is 0.636 bits per heavy atom. The van der Waals surface area contributed by atoms with Gasteiger partial charge in [-0.3, -0.25) is 0 Å². The zero-order chi connectivity index (χ0) is 29.6. The van der Waals surface area contributed by atoms with Gasteiger partial charge in [0, 0.05) is 17.5 Å². The Morgan fingerprint density at radius 2 is 1.34 bits per heavy atom. The third-order valence-electron chi connectivity index (χ3n) is 9.80. The van der Waals surface area contributed by atoms with Crippen LogP contribution in [0.15, 0.2) is 140 Å². The summed E-state index contributed by atoms with van der Waals surface area (Å²) in [5.41, 5.74) is 12.0. The van der Waals surface area contributed by atoms with Crippen LogP contribution in [0, 0.1) is 13.8 Å². The fraction of sp³-hybridized carbons (Fsp3) is 0.163. The Kier molecular flexibility index (Phi) is 6.68. The molecule has 0 aromatic heterocycles. The molecular weight excluding hydrogens is 530 g/mol. The van der Waals surface area contributed by atoms with Crippen molar-refractivity contribution in [1.82, 2.24) is 0 Å². The second-order valence-electron chi connectivity index (χ2n) is 12.6. The Hall–Kier alpha value is -4.88. The average Bonchev–Trinajstić information content (AvgIpc) is 3.07. The van der Waals surface area contributed by atoms with Gasteiger partial charge in [-0.25, -0.2) is 0 Å². The monoisotopic (exact) mass is 567 g/mol. The number of aryl methyl sites for hydroxylation is 2. The van der Waals surface area contributed by atoms with Gasteiger partial charge in [0.05, 0.1) is 12.1 Å². The molecule has 5 aromatic carbocycles. The van der Waals surface area contributed by atoms with Gasteiger partial charge in [-0.1, -0.05) is 151 Å². The third-order valence-corrected chi connectivity index (χ3v) is 9.80. The molecule has 0 heterocycles. The summed E-state index contributed by atoms with van der Waals surface area (Å²) in [5.74, 6) is 0.419. The zero-order valence-electron chi connectivity index (χ0n) is 25.4. The minimum atomic E-state index is 0.159. The van der Waals surface area contributed by atoms with Crippen molar-refractivity contribution < 1.29 is 0 Å². The minimum absolute atomic E-state index is 0.159. The van der Waals surface area contributed by atoms with Gasteiger partial charge in [0.15, 0.2) is 0 Å². The van der Waals surface area contributed by atoms with E-state index in [1.807, 2.05) is 0 Å². The molecule has 214 valence electrons. The highest BCUT2D eigenvalue weighted by atomic mass is 15.2. The third kappa shape index (κ3) is 4.55. The lowest BCUT2D eigenvalue weighted by atomic mass is 9.73. The first-order valence-electron chi connectivity index (χ1n) is 15.9. The summed E-state index contributed by atoms with van der Waals surface area (Å²) in [6, 6.07) is 39.2. The fourth-order valence-electron chi connectivity index (χ4n) is 7.64. The molecule has 8 rings (SSSR count). The molecular formula is C43H37N. The molecule has 0 amide bonds. The maximum absolute atomic E-state index is 2.65. The summed E-state index contributed by atoms with van der Waals surface area (Å²) in [6.45, 7) is 4.34. The van der Waals surface area contributed by atoms with Crippen molar-refractivity contribution >= 4 is 28.6 Å². The number of hydrogen-bond donors (Lipinski definition) is 0. The predicted octanol–water partition coefficient (Wildman–Crippen LogP) is 10.5. The van der Waals surface area contributed by atoms with Crippen molar-refractivity contribution in [2.45, 2.75) is 44.2 Å². The van der Waals surface area contributed by atoms with Gasteiger partial charge in [-0.15, -0.1) is 0 Å². The lowest BCUT2D eigenvalue weighted by molar-refractivity contribution is 0.576. The Labute approximate surface area is 261 Å². The van der Waals surface area contributed by atoms with Crippen LogP contribution in [0.1, 0.15) is 62.8 Å². The van der Waals surface area contributed by atoms with Crippen molar-refractivity contribution in [3.63, 3.8) is 0 Å². The maximum Gasteiger partial charge on any atom is 0.0586 e. The first kappa shape index (κ1) is 26.7. The first-order chi connectivity index (χ1) is 21.7. The molecule has 0 saturated carbocycles. The van der Waals surface area contributed by atoms with Crippen LogP contribution in [0.2, 0.25) is 0 Å². The van der Waals surface area contributed by atoms with Crippen LogP contribution >= 0.6 is 0 Å². The van der Waals surface area contributed by atoms with Gasteiger partial charge in [0.2, 0.25) is 0 Å². The van der Waals surface area contributed by atoms with Crippen LogP contribution in [0.25, 0.3) is 22.9 Å². The predicted molar refractivity (Wildman–Crippen MR) is 187 cm³/mol.